The average molecular weight is 390 g/mol. The van der Waals surface area contributed by atoms with Gasteiger partial charge in [-0.05, 0) is 23.1 Å². The van der Waals surface area contributed by atoms with E-state index in [9.17, 15) is 9.59 Å². The number of carbonyl (C=O) groups excluding carboxylic acids is 2. The minimum Gasteiger partial charge on any atom is -0.353 e. The molecule has 4 rings (SSSR count). The van der Waals surface area contributed by atoms with Crippen molar-refractivity contribution in [2.45, 2.75) is 25.8 Å². The van der Waals surface area contributed by atoms with E-state index in [0.29, 0.717) is 19.4 Å². The van der Waals surface area contributed by atoms with Crippen LogP contribution < -0.4 is 5.32 Å². The highest BCUT2D eigenvalue weighted by molar-refractivity contribution is 6.04. The highest BCUT2D eigenvalue weighted by Crippen LogP contribution is 2.18. The molecule has 150 valence electrons. The highest BCUT2D eigenvalue weighted by Gasteiger charge is 2.23. The molecule has 29 heavy (non-hydrogen) atoms. The number of amides is 2. The molecule has 0 unspecified atom stereocenters. The normalized spacial score (nSPS) is 16.9. The fraction of sp³-hybridized carbons (Fsp3) is 0.348. The average Bonchev–Trinajstić information content (AvgIpc) is 2.76. The maximum Gasteiger partial charge on any atom is 0.243 e. The van der Waals surface area contributed by atoms with Crippen molar-refractivity contribution in [3.05, 3.63) is 71.3 Å². The molecular weight excluding hydrogens is 364 g/mol. The van der Waals surface area contributed by atoms with Gasteiger partial charge >= 0.3 is 0 Å². The maximum atomic E-state index is 12.3. The molecule has 0 aliphatic carbocycles. The van der Waals surface area contributed by atoms with E-state index < -0.39 is 0 Å². The van der Waals surface area contributed by atoms with Gasteiger partial charge in [0.2, 0.25) is 11.8 Å². The zero-order valence-electron chi connectivity index (χ0n) is 16.5. The number of rotatable bonds is 6. The van der Waals surface area contributed by atoms with E-state index in [2.05, 4.69) is 39.6 Å². The zero-order valence-corrected chi connectivity index (χ0v) is 16.5. The molecular formula is C23H26N4O2. The fourth-order valence-electron chi connectivity index (χ4n) is 3.85. The topological polar surface area (TPSA) is 65.0 Å². The summed E-state index contributed by atoms with van der Waals surface area (Å²) in [7, 11) is 0. The fourth-order valence-corrected chi connectivity index (χ4v) is 3.85. The van der Waals surface area contributed by atoms with E-state index in [1.54, 1.807) is 0 Å². The molecule has 0 spiro atoms. The van der Waals surface area contributed by atoms with Gasteiger partial charge in [0.1, 0.15) is 6.54 Å². The summed E-state index contributed by atoms with van der Waals surface area (Å²) in [5.74, 6) is -0.277. The van der Waals surface area contributed by atoms with Gasteiger partial charge in [-0.3, -0.25) is 14.5 Å². The number of nitrogens with zero attached hydrogens (tertiary/aromatic N) is 3. The lowest BCUT2D eigenvalue weighted by Crippen LogP contribution is -2.43. The Morgan fingerprint density at radius 3 is 2.55 bits per heavy atom. The van der Waals surface area contributed by atoms with Crippen LogP contribution in [0.3, 0.4) is 0 Å². The minimum absolute atomic E-state index is 0.0298. The summed E-state index contributed by atoms with van der Waals surface area (Å²) < 4.78 is 0. The SMILES string of the molecule is O=C(CN1N=C(c2ccccc2)CCC1=O)NCCN1CCc2ccccc2C1. The van der Waals surface area contributed by atoms with Gasteiger partial charge in [0.15, 0.2) is 0 Å². The molecule has 0 atom stereocenters. The Kier molecular flexibility index (Phi) is 6.00. The van der Waals surface area contributed by atoms with E-state index >= 15 is 0 Å². The van der Waals surface area contributed by atoms with E-state index in [-0.39, 0.29) is 18.4 Å². The third-order valence-corrected chi connectivity index (χ3v) is 5.47. The van der Waals surface area contributed by atoms with Crippen molar-refractivity contribution < 1.29 is 9.59 Å². The molecule has 1 N–H and O–H groups in total. The van der Waals surface area contributed by atoms with Crippen LogP contribution in [0, 0.1) is 0 Å². The number of hydrogen-bond acceptors (Lipinski definition) is 4. The lowest BCUT2D eigenvalue weighted by molar-refractivity contribution is -0.136. The maximum absolute atomic E-state index is 12.3. The van der Waals surface area contributed by atoms with Gasteiger partial charge < -0.3 is 5.32 Å². The van der Waals surface area contributed by atoms with Crippen LogP contribution in [-0.2, 0) is 22.6 Å². The predicted octanol–water partition coefficient (Wildman–Crippen LogP) is 2.19. The Bertz CT molecular complexity index is 910. The molecule has 0 radical (unpaired) electrons. The molecule has 0 saturated carbocycles. The molecule has 6 nitrogen and oxygen atoms in total. The monoisotopic (exact) mass is 390 g/mol. The van der Waals surface area contributed by atoms with Crippen molar-refractivity contribution in [3.63, 3.8) is 0 Å². The number of benzene rings is 2. The molecule has 2 amide bonds. The Hall–Kier alpha value is -2.99. The summed E-state index contributed by atoms with van der Waals surface area (Å²) in [5, 5.41) is 8.66. The lowest BCUT2D eigenvalue weighted by Gasteiger charge is -2.28. The standard InChI is InChI=1S/C23H26N4O2/c28-22(24-13-15-26-14-12-18-6-4-5-9-20(18)16-26)17-27-23(29)11-10-21(25-27)19-7-2-1-3-8-19/h1-9H,10-17H2,(H,24,28). The Morgan fingerprint density at radius 1 is 0.966 bits per heavy atom. The number of hydrazone groups is 1. The number of nitrogens with one attached hydrogen (secondary N) is 1. The van der Waals surface area contributed by atoms with E-state index in [4.69, 9.17) is 0 Å². The summed E-state index contributed by atoms with van der Waals surface area (Å²) in [4.78, 5) is 26.9. The molecule has 0 bridgehead atoms. The Labute approximate surface area is 171 Å². The molecule has 2 aromatic carbocycles. The second-order valence-corrected chi connectivity index (χ2v) is 7.51. The lowest BCUT2D eigenvalue weighted by atomic mass is 10.00. The molecule has 2 aromatic rings. The Balaban J connectivity index is 1.27. The van der Waals surface area contributed by atoms with Gasteiger partial charge in [0.05, 0.1) is 5.71 Å². The van der Waals surface area contributed by atoms with Gasteiger partial charge in [0, 0.05) is 39.0 Å². The van der Waals surface area contributed by atoms with Crippen LogP contribution in [0.1, 0.15) is 29.5 Å². The summed E-state index contributed by atoms with van der Waals surface area (Å²) in [6.07, 6.45) is 2.04. The van der Waals surface area contributed by atoms with Crippen LogP contribution in [-0.4, -0.2) is 53.6 Å². The third-order valence-electron chi connectivity index (χ3n) is 5.47. The largest absolute Gasteiger partial charge is 0.353 e. The van der Waals surface area contributed by atoms with Crippen molar-refractivity contribution in [1.29, 1.82) is 0 Å². The molecule has 2 aliphatic heterocycles. The summed E-state index contributed by atoms with van der Waals surface area (Å²) in [5.41, 5.74) is 4.64. The van der Waals surface area contributed by atoms with E-state index in [0.717, 1.165) is 37.3 Å². The quantitative estimate of drug-likeness (QED) is 0.822. The van der Waals surface area contributed by atoms with Crippen molar-refractivity contribution in [2.24, 2.45) is 5.10 Å². The molecule has 0 aromatic heterocycles. The van der Waals surface area contributed by atoms with Crippen LogP contribution in [0.15, 0.2) is 59.7 Å². The Morgan fingerprint density at radius 2 is 1.72 bits per heavy atom. The second kappa shape index (κ2) is 9.01. The summed E-state index contributed by atoms with van der Waals surface area (Å²) >= 11 is 0. The van der Waals surface area contributed by atoms with Crippen LogP contribution >= 0.6 is 0 Å². The number of fused-ring (bicyclic) bond motifs is 1. The summed E-state index contributed by atoms with van der Waals surface area (Å²) in [6, 6.07) is 18.3. The van der Waals surface area contributed by atoms with Crippen LogP contribution in [0.25, 0.3) is 0 Å². The predicted molar refractivity (Wildman–Crippen MR) is 112 cm³/mol. The van der Waals surface area contributed by atoms with Gasteiger partial charge in [-0.1, -0.05) is 54.6 Å². The first kappa shape index (κ1) is 19.3. The van der Waals surface area contributed by atoms with Crippen molar-refractivity contribution in [2.75, 3.05) is 26.2 Å². The molecule has 0 fully saturated rings. The molecule has 2 heterocycles. The van der Waals surface area contributed by atoms with Gasteiger partial charge in [0.25, 0.3) is 0 Å². The number of hydrogen-bond donors (Lipinski definition) is 1. The van der Waals surface area contributed by atoms with E-state index in [1.165, 1.54) is 16.1 Å². The van der Waals surface area contributed by atoms with Crippen LogP contribution in [0.5, 0.6) is 0 Å². The van der Waals surface area contributed by atoms with Crippen LogP contribution in [0.4, 0.5) is 0 Å². The highest BCUT2D eigenvalue weighted by atomic mass is 16.2. The van der Waals surface area contributed by atoms with Gasteiger partial charge in [-0.15, -0.1) is 0 Å². The van der Waals surface area contributed by atoms with Crippen molar-refractivity contribution in [1.82, 2.24) is 15.2 Å². The zero-order chi connectivity index (χ0) is 20.1. The first-order valence-corrected chi connectivity index (χ1v) is 10.2. The first-order valence-electron chi connectivity index (χ1n) is 10.2. The van der Waals surface area contributed by atoms with E-state index in [1.807, 2.05) is 30.3 Å². The van der Waals surface area contributed by atoms with Crippen molar-refractivity contribution in [3.8, 4) is 0 Å². The smallest absolute Gasteiger partial charge is 0.243 e. The third kappa shape index (κ3) is 4.90. The summed E-state index contributed by atoms with van der Waals surface area (Å²) in [6.45, 7) is 3.26. The molecule has 0 saturated heterocycles. The first-order chi connectivity index (χ1) is 14.2. The van der Waals surface area contributed by atoms with Gasteiger partial charge in [-0.2, -0.15) is 5.10 Å². The second-order valence-electron chi connectivity index (χ2n) is 7.51. The van der Waals surface area contributed by atoms with Crippen LogP contribution in [0.2, 0.25) is 0 Å². The minimum atomic E-state index is -0.172. The molecule has 6 heteroatoms. The molecule has 2 aliphatic rings. The van der Waals surface area contributed by atoms with Gasteiger partial charge in [-0.25, -0.2) is 5.01 Å². The van der Waals surface area contributed by atoms with Crippen molar-refractivity contribution >= 4 is 17.5 Å². The number of carbonyl (C=O) groups is 2.